The van der Waals surface area contributed by atoms with Crippen LogP contribution in [0.25, 0.3) is 11.4 Å². The summed E-state index contributed by atoms with van der Waals surface area (Å²) in [5.41, 5.74) is 3.08. The second-order valence-corrected chi connectivity index (χ2v) is 4.61. The molecule has 2 heterocycles. The van der Waals surface area contributed by atoms with Crippen LogP contribution < -0.4 is 10.1 Å². The summed E-state index contributed by atoms with van der Waals surface area (Å²) in [6.45, 7) is 1.29. The monoisotopic (exact) mass is 271 g/mol. The van der Waals surface area contributed by atoms with Crippen LogP contribution in [0.1, 0.15) is 11.3 Å². The lowest BCUT2D eigenvalue weighted by molar-refractivity contribution is 0.109. The van der Waals surface area contributed by atoms with Gasteiger partial charge in [-0.3, -0.25) is 0 Å². The Morgan fingerprint density at radius 3 is 3.00 bits per heavy atom. The first-order valence-electron chi connectivity index (χ1n) is 6.61. The van der Waals surface area contributed by atoms with E-state index in [9.17, 15) is 0 Å². The van der Waals surface area contributed by atoms with Crippen LogP contribution >= 0.6 is 0 Å². The maximum absolute atomic E-state index is 5.48. The molecule has 20 heavy (non-hydrogen) atoms. The topological polar surface area (TPSA) is 56.3 Å². The van der Waals surface area contributed by atoms with Gasteiger partial charge in [-0.15, -0.1) is 0 Å². The minimum atomic E-state index is 0.573. The first kappa shape index (κ1) is 12.9. The van der Waals surface area contributed by atoms with Gasteiger partial charge in [0.15, 0.2) is 5.82 Å². The number of anilines is 1. The Morgan fingerprint density at radius 2 is 2.20 bits per heavy atom. The van der Waals surface area contributed by atoms with E-state index in [1.165, 1.54) is 0 Å². The summed E-state index contributed by atoms with van der Waals surface area (Å²) in [7, 11) is 3.52. The molecule has 0 fully saturated rings. The molecular formula is C15H17N3O2. The van der Waals surface area contributed by atoms with Crippen LogP contribution in [0.4, 0.5) is 5.82 Å². The minimum absolute atomic E-state index is 0.573. The maximum atomic E-state index is 5.48. The molecule has 0 bridgehead atoms. The van der Waals surface area contributed by atoms with E-state index in [0.717, 1.165) is 34.8 Å². The summed E-state index contributed by atoms with van der Waals surface area (Å²) in [4.78, 5) is 9.27. The minimum Gasteiger partial charge on any atom is -0.497 e. The molecule has 0 saturated carbocycles. The number of methoxy groups -OCH3 is 1. The summed E-state index contributed by atoms with van der Waals surface area (Å²) >= 11 is 0. The highest BCUT2D eigenvalue weighted by Gasteiger charge is 2.18. The Morgan fingerprint density at radius 1 is 1.30 bits per heavy atom. The molecule has 1 aliphatic rings. The highest BCUT2D eigenvalue weighted by atomic mass is 16.5. The molecule has 2 aromatic rings. The lowest BCUT2D eigenvalue weighted by Crippen LogP contribution is -2.16. The third-order valence-electron chi connectivity index (χ3n) is 3.39. The fourth-order valence-electron chi connectivity index (χ4n) is 2.33. The van der Waals surface area contributed by atoms with Crippen LogP contribution in [-0.2, 0) is 17.8 Å². The summed E-state index contributed by atoms with van der Waals surface area (Å²) in [5, 5.41) is 3.13. The van der Waals surface area contributed by atoms with Crippen molar-refractivity contribution in [3.8, 4) is 17.1 Å². The number of fused-ring (bicyclic) bond motifs is 1. The van der Waals surface area contributed by atoms with Gasteiger partial charge in [-0.2, -0.15) is 0 Å². The highest BCUT2D eigenvalue weighted by molar-refractivity contribution is 5.61. The molecule has 1 N–H and O–H groups in total. The van der Waals surface area contributed by atoms with Gasteiger partial charge in [0.2, 0.25) is 0 Å². The third kappa shape index (κ3) is 2.32. The van der Waals surface area contributed by atoms with Crippen molar-refractivity contribution in [2.75, 3.05) is 26.1 Å². The van der Waals surface area contributed by atoms with E-state index in [-0.39, 0.29) is 0 Å². The molecule has 0 atom stereocenters. The Labute approximate surface area is 118 Å². The van der Waals surface area contributed by atoms with Crippen molar-refractivity contribution in [2.45, 2.75) is 13.0 Å². The number of nitrogens with zero attached hydrogens (tertiary/aromatic N) is 2. The Kier molecular flexibility index (Phi) is 3.52. The number of ether oxygens (including phenoxy) is 2. The zero-order valence-corrected chi connectivity index (χ0v) is 11.6. The van der Waals surface area contributed by atoms with E-state index in [2.05, 4.69) is 15.3 Å². The average molecular weight is 271 g/mol. The number of rotatable bonds is 3. The number of benzene rings is 1. The molecule has 1 aromatic carbocycles. The van der Waals surface area contributed by atoms with Gasteiger partial charge in [0.05, 0.1) is 26.0 Å². The van der Waals surface area contributed by atoms with Crippen LogP contribution in [0.3, 0.4) is 0 Å². The predicted octanol–water partition coefficient (Wildman–Crippen LogP) is 2.27. The Bertz CT molecular complexity index is 611. The van der Waals surface area contributed by atoms with Crippen molar-refractivity contribution < 1.29 is 9.47 Å². The first-order valence-corrected chi connectivity index (χ1v) is 6.61. The molecule has 1 aromatic heterocycles. The molecule has 0 radical (unpaired) electrons. The van der Waals surface area contributed by atoms with Gasteiger partial charge < -0.3 is 14.8 Å². The number of hydrogen-bond acceptors (Lipinski definition) is 5. The fourth-order valence-corrected chi connectivity index (χ4v) is 2.33. The van der Waals surface area contributed by atoms with E-state index in [4.69, 9.17) is 9.47 Å². The molecular weight excluding hydrogens is 254 g/mol. The normalized spacial score (nSPS) is 13.7. The number of hydrogen-bond donors (Lipinski definition) is 1. The average Bonchev–Trinajstić information content (AvgIpc) is 2.53. The molecule has 104 valence electrons. The van der Waals surface area contributed by atoms with Gasteiger partial charge in [-0.05, 0) is 12.1 Å². The van der Waals surface area contributed by atoms with Crippen LogP contribution in [0.15, 0.2) is 24.3 Å². The second-order valence-electron chi connectivity index (χ2n) is 4.61. The predicted molar refractivity (Wildman–Crippen MR) is 76.9 cm³/mol. The van der Waals surface area contributed by atoms with Gasteiger partial charge in [0.25, 0.3) is 0 Å². The smallest absolute Gasteiger partial charge is 0.161 e. The molecule has 0 saturated heterocycles. The zero-order valence-electron chi connectivity index (χ0n) is 11.6. The molecule has 0 unspecified atom stereocenters. The number of aromatic nitrogens is 2. The summed E-state index contributed by atoms with van der Waals surface area (Å²) in [5.74, 6) is 2.36. The summed E-state index contributed by atoms with van der Waals surface area (Å²) in [6.07, 6.45) is 0.823. The number of nitrogens with one attached hydrogen (secondary N) is 1. The van der Waals surface area contributed by atoms with Gasteiger partial charge in [-0.1, -0.05) is 12.1 Å². The maximum Gasteiger partial charge on any atom is 0.161 e. The summed E-state index contributed by atoms with van der Waals surface area (Å²) < 4.78 is 10.7. The quantitative estimate of drug-likeness (QED) is 0.928. The molecule has 1 aliphatic heterocycles. The van der Waals surface area contributed by atoms with Gasteiger partial charge >= 0.3 is 0 Å². The fraction of sp³-hybridized carbons (Fsp3) is 0.333. The summed E-state index contributed by atoms with van der Waals surface area (Å²) in [6, 6.07) is 7.79. The van der Waals surface area contributed by atoms with Crippen LogP contribution in [0.2, 0.25) is 0 Å². The first-order chi connectivity index (χ1) is 9.81. The second kappa shape index (κ2) is 5.46. The third-order valence-corrected chi connectivity index (χ3v) is 3.39. The van der Waals surface area contributed by atoms with Crippen LogP contribution in [0.5, 0.6) is 5.75 Å². The molecule has 5 heteroatoms. The Hall–Kier alpha value is -2.14. The standard InChI is InChI=1S/C15H17N3O2/c1-16-15-12-9-20-7-6-13(12)17-14(18-15)10-4-3-5-11(8-10)19-2/h3-5,8H,6-7,9H2,1-2H3,(H,16,17,18). The largest absolute Gasteiger partial charge is 0.497 e. The lowest BCUT2D eigenvalue weighted by Gasteiger charge is -2.19. The Balaban J connectivity index is 2.09. The zero-order chi connectivity index (χ0) is 13.9. The molecule has 5 nitrogen and oxygen atoms in total. The molecule has 0 spiro atoms. The van der Waals surface area contributed by atoms with Crippen molar-refractivity contribution in [2.24, 2.45) is 0 Å². The molecule has 0 aliphatic carbocycles. The highest BCUT2D eigenvalue weighted by Crippen LogP contribution is 2.27. The molecule has 3 rings (SSSR count). The van der Waals surface area contributed by atoms with E-state index in [1.807, 2.05) is 31.3 Å². The van der Waals surface area contributed by atoms with Crippen LogP contribution in [0, 0.1) is 0 Å². The van der Waals surface area contributed by atoms with Crippen molar-refractivity contribution in [3.63, 3.8) is 0 Å². The van der Waals surface area contributed by atoms with Gasteiger partial charge in [0, 0.05) is 24.6 Å². The van der Waals surface area contributed by atoms with Crippen molar-refractivity contribution >= 4 is 5.82 Å². The lowest BCUT2D eigenvalue weighted by atomic mass is 10.1. The van der Waals surface area contributed by atoms with Gasteiger partial charge in [0.1, 0.15) is 11.6 Å². The van der Waals surface area contributed by atoms with E-state index in [1.54, 1.807) is 7.11 Å². The SMILES string of the molecule is CNc1nc(-c2cccc(OC)c2)nc2c1COCC2. The van der Waals surface area contributed by atoms with Crippen molar-refractivity contribution in [3.05, 3.63) is 35.5 Å². The van der Waals surface area contributed by atoms with E-state index < -0.39 is 0 Å². The van der Waals surface area contributed by atoms with E-state index >= 15 is 0 Å². The van der Waals surface area contributed by atoms with Crippen LogP contribution in [-0.4, -0.2) is 30.7 Å². The van der Waals surface area contributed by atoms with E-state index in [0.29, 0.717) is 19.0 Å². The van der Waals surface area contributed by atoms with Crippen molar-refractivity contribution in [1.29, 1.82) is 0 Å². The van der Waals surface area contributed by atoms with Crippen molar-refractivity contribution in [1.82, 2.24) is 9.97 Å². The molecule has 0 amide bonds. The van der Waals surface area contributed by atoms with Gasteiger partial charge in [-0.25, -0.2) is 9.97 Å².